The highest BCUT2D eigenvalue weighted by molar-refractivity contribution is 6.00. The lowest BCUT2D eigenvalue weighted by molar-refractivity contribution is 0.0907. The van der Waals surface area contributed by atoms with E-state index in [1.165, 1.54) is 24.0 Å². The topological polar surface area (TPSA) is 17.1 Å². The third-order valence-electron chi connectivity index (χ3n) is 4.93. The molecule has 1 aliphatic carbocycles. The molecular weight excluding hydrogens is 280 g/mol. The molecule has 1 atom stereocenters. The van der Waals surface area contributed by atoms with E-state index in [0.29, 0.717) is 5.78 Å². The van der Waals surface area contributed by atoms with Crippen LogP contribution in [0.1, 0.15) is 51.9 Å². The molecule has 120 valence electrons. The van der Waals surface area contributed by atoms with E-state index in [-0.39, 0.29) is 5.92 Å². The molecule has 0 amide bonds. The Bertz CT molecular complexity index is 672. The van der Waals surface area contributed by atoms with Gasteiger partial charge in [0.25, 0.3) is 0 Å². The minimum Gasteiger partial charge on any atom is -0.294 e. The van der Waals surface area contributed by atoms with Gasteiger partial charge in [-0.2, -0.15) is 0 Å². The van der Waals surface area contributed by atoms with Crippen molar-refractivity contribution in [1.82, 2.24) is 0 Å². The van der Waals surface area contributed by atoms with Gasteiger partial charge in [0.2, 0.25) is 0 Å². The van der Waals surface area contributed by atoms with E-state index in [4.69, 9.17) is 0 Å². The number of hydrogen-bond acceptors (Lipinski definition) is 1. The highest BCUT2D eigenvalue weighted by atomic mass is 16.1. The summed E-state index contributed by atoms with van der Waals surface area (Å²) in [5, 5.41) is 0. The summed E-state index contributed by atoms with van der Waals surface area (Å²) in [5.74, 6) is 1.22. The summed E-state index contributed by atoms with van der Waals surface area (Å²) in [6.45, 7) is 6.24. The van der Waals surface area contributed by atoms with Gasteiger partial charge in [0.1, 0.15) is 0 Å². The van der Waals surface area contributed by atoms with Gasteiger partial charge in [0.05, 0.1) is 0 Å². The third-order valence-corrected chi connectivity index (χ3v) is 4.93. The van der Waals surface area contributed by atoms with Crippen molar-refractivity contribution >= 4 is 5.78 Å². The summed E-state index contributed by atoms with van der Waals surface area (Å²) in [4.78, 5) is 13.3. The second-order valence-electron chi connectivity index (χ2n) is 7.20. The zero-order valence-corrected chi connectivity index (χ0v) is 14.4. The van der Waals surface area contributed by atoms with E-state index in [0.717, 1.165) is 35.4 Å². The molecule has 2 aromatic rings. The van der Waals surface area contributed by atoms with Crippen molar-refractivity contribution in [1.29, 1.82) is 0 Å². The lowest BCUT2D eigenvalue weighted by Crippen LogP contribution is -2.20. The second kappa shape index (κ2) is 6.70. The number of benzene rings is 2. The summed E-state index contributed by atoms with van der Waals surface area (Å²) in [7, 11) is 0. The van der Waals surface area contributed by atoms with E-state index in [2.05, 4.69) is 57.2 Å². The molecule has 1 aliphatic rings. The van der Waals surface area contributed by atoms with Gasteiger partial charge in [-0.05, 0) is 56.2 Å². The molecule has 1 unspecified atom stereocenters. The fourth-order valence-corrected chi connectivity index (χ4v) is 3.71. The van der Waals surface area contributed by atoms with Crippen LogP contribution in [0.5, 0.6) is 0 Å². The number of carbonyl (C=O) groups is 1. The molecule has 0 heterocycles. The molecular formula is C22H26O. The monoisotopic (exact) mass is 306 g/mol. The molecule has 1 saturated carbocycles. The van der Waals surface area contributed by atoms with Gasteiger partial charge in [0, 0.05) is 11.5 Å². The van der Waals surface area contributed by atoms with Gasteiger partial charge in [0.15, 0.2) is 5.78 Å². The Morgan fingerprint density at radius 1 is 1.04 bits per heavy atom. The Morgan fingerprint density at radius 3 is 2.22 bits per heavy atom. The summed E-state index contributed by atoms with van der Waals surface area (Å²) in [6.07, 6.45) is 4.50. The normalized spacial score (nSPS) is 15.4. The van der Waals surface area contributed by atoms with Crippen LogP contribution in [0.4, 0.5) is 0 Å². The van der Waals surface area contributed by atoms with Gasteiger partial charge in [-0.3, -0.25) is 4.79 Å². The van der Waals surface area contributed by atoms with Crippen LogP contribution in [0.3, 0.4) is 0 Å². The minimum absolute atomic E-state index is 0.116. The SMILES string of the molecule is Cc1cc(C)c(C(=O)C(Cc2ccccc2)CC2CC2)c(C)c1. The average Bonchev–Trinajstić information content (AvgIpc) is 3.30. The van der Waals surface area contributed by atoms with Crippen LogP contribution in [-0.4, -0.2) is 5.78 Å². The standard InChI is InChI=1S/C22H26O/c1-15-11-16(2)21(17(3)12-15)22(23)20(14-19-9-10-19)13-18-7-5-4-6-8-18/h4-8,11-12,19-20H,9-10,13-14H2,1-3H3. The van der Waals surface area contributed by atoms with Crippen LogP contribution in [0.2, 0.25) is 0 Å². The summed E-state index contributed by atoms with van der Waals surface area (Å²) >= 11 is 0. The highest BCUT2D eigenvalue weighted by Crippen LogP contribution is 2.38. The summed E-state index contributed by atoms with van der Waals surface area (Å²) in [5.41, 5.74) is 5.71. The maximum atomic E-state index is 13.3. The number of aryl methyl sites for hydroxylation is 3. The number of ketones is 1. The smallest absolute Gasteiger partial charge is 0.166 e. The van der Waals surface area contributed by atoms with Crippen LogP contribution >= 0.6 is 0 Å². The van der Waals surface area contributed by atoms with Gasteiger partial charge in [-0.15, -0.1) is 0 Å². The van der Waals surface area contributed by atoms with Crippen LogP contribution < -0.4 is 0 Å². The number of Topliss-reactive ketones (excluding diaryl/α,β-unsaturated/α-hetero) is 1. The first-order valence-electron chi connectivity index (χ1n) is 8.70. The Kier molecular flexibility index (Phi) is 4.66. The summed E-state index contributed by atoms with van der Waals surface area (Å²) < 4.78 is 0. The van der Waals surface area contributed by atoms with Crippen molar-refractivity contribution in [2.75, 3.05) is 0 Å². The van der Waals surface area contributed by atoms with E-state index < -0.39 is 0 Å². The first kappa shape index (κ1) is 16.0. The van der Waals surface area contributed by atoms with Crippen LogP contribution in [-0.2, 0) is 6.42 Å². The first-order chi connectivity index (χ1) is 11.0. The molecule has 1 heteroatoms. The molecule has 0 spiro atoms. The van der Waals surface area contributed by atoms with E-state index in [1.54, 1.807) is 0 Å². The molecule has 2 aromatic carbocycles. The Morgan fingerprint density at radius 2 is 1.65 bits per heavy atom. The lowest BCUT2D eigenvalue weighted by atomic mass is 9.84. The quantitative estimate of drug-likeness (QED) is 0.648. The zero-order valence-electron chi connectivity index (χ0n) is 14.4. The molecule has 1 fully saturated rings. The first-order valence-corrected chi connectivity index (χ1v) is 8.70. The fourth-order valence-electron chi connectivity index (χ4n) is 3.71. The molecule has 0 radical (unpaired) electrons. The molecule has 0 N–H and O–H groups in total. The molecule has 0 saturated heterocycles. The molecule has 3 rings (SSSR count). The predicted octanol–water partition coefficient (Wildman–Crippen LogP) is 5.45. The molecule has 0 aromatic heterocycles. The van der Waals surface area contributed by atoms with Gasteiger partial charge >= 0.3 is 0 Å². The van der Waals surface area contributed by atoms with Crippen LogP contribution in [0.25, 0.3) is 0 Å². The summed E-state index contributed by atoms with van der Waals surface area (Å²) in [6, 6.07) is 14.7. The minimum atomic E-state index is 0.116. The molecule has 23 heavy (non-hydrogen) atoms. The number of carbonyl (C=O) groups excluding carboxylic acids is 1. The largest absolute Gasteiger partial charge is 0.294 e. The van der Waals surface area contributed by atoms with E-state index in [1.807, 2.05) is 6.07 Å². The number of hydrogen-bond donors (Lipinski definition) is 0. The molecule has 0 aliphatic heterocycles. The predicted molar refractivity (Wildman–Crippen MR) is 96.0 cm³/mol. The highest BCUT2D eigenvalue weighted by Gasteiger charge is 2.31. The van der Waals surface area contributed by atoms with Crippen molar-refractivity contribution in [2.24, 2.45) is 11.8 Å². The van der Waals surface area contributed by atoms with Gasteiger partial charge in [-0.25, -0.2) is 0 Å². The maximum Gasteiger partial charge on any atom is 0.166 e. The van der Waals surface area contributed by atoms with Crippen molar-refractivity contribution < 1.29 is 4.79 Å². The lowest BCUT2D eigenvalue weighted by Gasteiger charge is -2.19. The van der Waals surface area contributed by atoms with Crippen molar-refractivity contribution in [3.05, 3.63) is 70.3 Å². The molecule has 0 bridgehead atoms. The second-order valence-corrected chi connectivity index (χ2v) is 7.20. The van der Waals surface area contributed by atoms with Crippen LogP contribution in [0, 0.1) is 32.6 Å². The van der Waals surface area contributed by atoms with Crippen molar-refractivity contribution in [2.45, 2.75) is 46.5 Å². The Labute approximate surface area is 139 Å². The Balaban J connectivity index is 1.88. The zero-order chi connectivity index (χ0) is 16.4. The molecule has 1 nitrogen and oxygen atoms in total. The van der Waals surface area contributed by atoms with Crippen LogP contribution in [0.15, 0.2) is 42.5 Å². The van der Waals surface area contributed by atoms with Crippen molar-refractivity contribution in [3.63, 3.8) is 0 Å². The Hall–Kier alpha value is -1.89. The number of rotatable bonds is 6. The third kappa shape index (κ3) is 3.90. The van der Waals surface area contributed by atoms with Gasteiger partial charge in [-0.1, -0.05) is 60.9 Å². The maximum absolute atomic E-state index is 13.3. The van der Waals surface area contributed by atoms with Crippen molar-refractivity contribution in [3.8, 4) is 0 Å². The van der Waals surface area contributed by atoms with E-state index in [9.17, 15) is 4.79 Å². The van der Waals surface area contributed by atoms with Gasteiger partial charge < -0.3 is 0 Å². The average molecular weight is 306 g/mol. The fraction of sp³-hybridized carbons (Fsp3) is 0.409. The van der Waals surface area contributed by atoms with E-state index >= 15 is 0 Å².